The predicted octanol–water partition coefficient (Wildman–Crippen LogP) is 5.57. The number of furan rings is 1. The third-order valence-electron chi connectivity index (χ3n) is 3.88. The number of anilines is 1. The van der Waals surface area contributed by atoms with Crippen molar-refractivity contribution >= 4 is 55.7 Å². The Hall–Kier alpha value is -2.37. The molecule has 2 heterocycles. The van der Waals surface area contributed by atoms with Crippen LogP contribution in [-0.2, 0) is 0 Å². The van der Waals surface area contributed by atoms with E-state index in [4.69, 9.17) is 16.0 Å². The first-order valence-electron chi connectivity index (χ1n) is 7.39. The van der Waals surface area contributed by atoms with Crippen LogP contribution in [-0.4, -0.2) is 10.9 Å². The molecule has 2 aromatic carbocycles. The molecule has 0 unspecified atom stereocenters. The summed E-state index contributed by atoms with van der Waals surface area (Å²) in [7, 11) is 0. The fourth-order valence-corrected chi connectivity index (χ4v) is 3.81. The Morgan fingerprint density at radius 2 is 2.08 bits per heavy atom. The first-order valence-corrected chi connectivity index (χ1v) is 8.58. The van der Waals surface area contributed by atoms with E-state index in [-0.39, 0.29) is 11.7 Å². The highest BCUT2D eigenvalue weighted by Gasteiger charge is 2.19. The zero-order valence-corrected chi connectivity index (χ0v) is 14.6. The third kappa shape index (κ3) is 2.46. The fourth-order valence-electron chi connectivity index (χ4n) is 2.73. The normalized spacial score (nSPS) is 11.3. The molecule has 0 fully saturated rings. The van der Waals surface area contributed by atoms with Gasteiger partial charge in [-0.2, -0.15) is 0 Å². The lowest BCUT2D eigenvalue weighted by Crippen LogP contribution is -2.11. The van der Waals surface area contributed by atoms with Gasteiger partial charge in [0.05, 0.1) is 20.2 Å². The number of carbonyl (C=O) groups is 1. The molecule has 1 N–H and O–H groups in total. The lowest BCUT2D eigenvalue weighted by Gasteiger charge is -2.03. The van der Waals surface area contributed by atoms with Crippen molar-refractivity contribution in [2.45, 2.75) is 13.8 Å². The van der Waals surface area contributed by atoms with E-state index in [9.17, 15) is 4.79 Å². The van der Waals surface area contributed by atoms with Crippen molar-refractivity contribution in [1.29, 1.82) is 0 Å². The number of rotatable bonds is 2. The van der Waals surface area contributed by atoms with Gasteiger partial charge >= 0.3 is 0 Å². The van der Waals surface area contributed by atoms with Gasteiger partial charge in [0.25, 0.3) is 5.91 Å². The van der Waals surface area contributed by atoms with E-state index < -0.39 is 0 Å². The number of hydrogen-bond acceptors (Lipinski definition) is 4. The minimum absolute atomic E-state index is 0.277. The number of amides is 1. The maximum Gasteiger partial charge on any atom is 0.291 e. The number of halogens is 1. The molecule has 0 aliphatic heterocycles. The van der Waals surface area contributed by atoms with Crippen LogP contribution in [0.3, 0.4) is 0 Å². The van der Waals surface area contributed by atoms with E-state index >= 15 is 0 Å². The average molecular weight is 357 g/mol. The zero-order valence-electron chi connectivity index (χ0n) is 13.0. The number of fused-ring (bicyclic) bond motifs is 2. The molecular weight excluding hydrogens is 344 g/mol. The highest BCUT2D eigenvalue weighted by atomic mass is 35.5. The molecule has 1 amide bonds. The van der Waals surface area contributed by atoms with Gasteiger partial charge in [0, 0.05) is 16.6 Å². The maximum absolute atomic E-state index is 12.6. The van der Waals surface area contributed by atoms with Crippen molar-refractivity contribution in [1.82, 2.24) is 4.98 Å². The van der Waals surface area contributed by atoms with Crippen molar-refractivity contribution in [3.63, 3.8) is 0 Å². The molecule has 0 saturated heterocycles. The van der Waals surface area contributed by atoms with E-state index in [1.807, 2.05) is 44.2 Å². The summed E-state index contributed by atoms with van der Waals surface area (Å²) < 4.78 is 6.74. The minimum atomic E-state index is -0.291. The SMILES string of the molecule is Cc1nc2ccc(NC(=O)c3oc4c(Cl)cccc4c3C)cc2s1. The third-order valence-corrected chi connectivity index (χ3v) is 5.11. The number of nitrogens with one attached hydrogen (secondary N) is 1. The largest absolute Gasteiger partial charge is 0.449 e. The molecule has 24 heavy (non-hydrogen) atoms. The number of para-hydroxylation sites is 1. The highest BCUT2D eigenvalue weighted by molar-refractivity contribution is 7.18. The molecule has 4 rings (SSSR count). The molecule has 0 saturated carbocycles. The summed E-state index contributed by atoms with van der Waals surface area (Å²) in [5.74, 6) is -0.0148. The summed E-state index contributed by atoms with van der Waals surface area (Å²) in [5, 5.41) is 5.23. The van der Waals surface area contributed by atoms with Crippen LogP contribution in [0.4, 0.5) is 5.69 Å². The molecule has 4 nitrogen and oxygen atoms in total. The second kappa shape index (κ2) is 5.61. The lowest BCUT2D eigenvalue weighted by molar-refractivity contribution is 0.0998. The second-order valence-electron chi connectivity index (χ2n) is 5.54. The molecule has 0 bridgehead atoms. The van der Waals surface area contributed by atoms with Crippen LogP contribution in [0, 0.1) is 13.8 Å². The van der Waals surface area contributed by atoms with Crippen LogP contribution in [0.25, 0.3) is 21.2 Å². The van der Waals surface area contributed by atoms with Gasteiger partial charge in [0.15, 0.2) is 11.3 Å². The van der Waals surface area contributed by atoms with Crippen LogP contribution >= 0.6 is 22.9 Å². The highest BCUT2D eigenvalue weighted by Crippen LogP contribution is 2.31. The Labute approximate surface area is 147 Å². The predicted molar refractivity (Wildman–Crippen MR) is 98.3 cm³/mol. The topological polar surface area (TPSA) is 55.1 Å². The van der Waals surface area contributed by atoms with Crippen molar-refractivity contribution in [3.8, 4) is 0 Å². The molecule has 4 aromatic rings. The first-order chi connectivity index (χ1) is 11.5. The average Bonchev–Trinajstić information content (AvgIpc) is 3.08. The fraction of sp³-hybridized carbons (Fsp3) is 0.111. The lowest BCUT2D eigenvalue weighted by atomic mass is 10.1. The number of aryl methyl sites for hydroxylation is 2. The Bertz CT molecular complexity index is 1100. The van der Waals surface area contributed by atoms with Crippen molar-refractivity contribution < 1.29 is 9.21 Å². The van der Waals surface area contributed by atoms with Crippen molar-refractivity contribution in [3.05, 3.63) is 57.8 Å². The summed E-state index contributed by atoms with van der Waals surface area (Å²) in [6, 6.07) is 11.1. The van der Waals surface area contributed by atoms with Gasteiger partial charge in [-0.05, 0) is 38.1 Å². The van der Waals surface area contributed by atoms with Gasteiger partial charge in [0.2, 0.25) is 0 Å². The Morgan fingerprint density at radius 1 is 1.25 bits per heavy atom. The Morgan fingerprint density at radius 3 is 2.88 bits per heavy atom. The maximum atomic E-state index is 12.6. The monoisotopic (exact) mass is 356 g/mol. The van der Waals surface area contributed by atoms with Gasteiger partial charge in [-0.1, -0.05) is 23.7 Å². The van der Waals surface area contributed by atoms with Crippen molar-refractivity contribution in [2.24, 2.45) is 0 Å². The quantitative estimate of drug-likeness (QED) is 0.511. The van der Waals surface area contributed by atoms with Crippen LogP contribution in [0.1, 0.15) is 21.1 Å². The van der Waals surface area contributed by atoms with Gasteiger partial charge < -0.3 is 9.73 Å². The van der Waals surface area contributed by atoms with E-state index in [0.29, 0.717) is 16.3 Å². The number of benzene rings is 2. The number of carbonyl (C=O) groups excluding carboxylic acids is 1. The van der Waals surface area contributed by atoms with Crippen LogP contribution < -0.4 is 5.32 Å². The van der Waals surface area contributed by atoms with Gasteiger partial charge in [-0.3, -0.25) is 4.79 Å². The van der Waals surface area contributed by atoms with E-state index in [2.05, 4.69) is 10.3 Å². The summed E-state index contributed by atoms with van der Waals surface area (Å²) in [6.45, 7) is 3.82. The number of thiazole rings is 1. The molecule has 2 aromatic heterocycles. The van der Waals surface area contributed by atoms with Gasteiger partial charge in [-0.25, -0.2) is 4.98 Å². The van der Waals surface area contributed by atoms with E-state index in [1.165, 1.54) is 0 Å². The summed E-state index contributed by atoms with van der Waals surface area (Å²) in [4.78, 5) is 17.0. The molecule has 0 radical (unpaired) electrons. The van der Waals surface area contributed by atoms with E-state index in [1.54, 1.807) is 17.4 Å². The Kier molecular flexibility index (Phi) is 3.55. The molecule has 120 valence electrons. The first kappa shape index (κ1) is 15.2. The second-order valence-corrected chi connectivity index (χ2v) is 7.18. The number of hydrogen-bond donors (Lipinski definition) is 1. The molecule has 6 heteroatoms. The molecule has 0 aliphatic carbocycles. The molecule has 0 spiro atoms. The summed E-state index contributed by atoms with van der Waals surface area (Å²) in [6.07, 6.45) is 0. The van der Waals surface area contributed by atoms with Crippen LogP contribution in [0.15, 0.2) is 40.8 Å². The van der Waals surface area contributed by atoms with Gasteiger partial charge in [0.1, 0.15) is 0 Å². The number of aromatic nitrogens is 1. The summed E-state index contributed by atoms with van der Waals surface area (Å²) in [5.41, 5.74) is 2.96. The number of nitrogens with zero attached hydrogens (tertiary/aromatic N) is 1. The summed E-state index contributed by atoms with van der Waals surface area (Å²) >= 11 is 7.74. The molecule has 0 atom stereocenters. The smallest absolute Gasteiger partial charge is 0.291 e. The minimum Gasteiger partial charge on any atom is -0.449 e. The molecular formula is C18H13ClN2O2S. The Balaban J connectivity index is 1.70. The van der Waals surface area contributed by atoms with Crippen molar-refractivity contribution in [2.75, 3.05) is 5.32 Å². The molecule has 0 aliphatic rings. The zero-order chi connectivity index (χ0) is 16.8. The van der Waals surface area contributed by atoms with Crippen LogP contribution in [0.2, 0.25) is 5.02 Å². The van der Waals surface area contributed by atoms with Crippen LogP contribution in [0.5, 0.6) is 0 Å². The van der Waals surface area contributed by atoms with Gasteiger partial charge in [-0.15, -0.1) is 11.3 Å². The standard InChI is InChI=1S/C18H13ClN2O2S/c1-9-12-4-3-5-13(19)17(12)23-16(9)18(22)21-11-6-7-14-15(8-11)24-10(2)20-14/h3-8H,1-2H3,(H,21,22). The van der Waals surface area contributed by atoms with E-state index in [0.717, 1.165) is 26.2 Å².